The Morgan fingerprint density at radius 2 is 1.90 bits per heavy atom. The van der Waals surface area contributed by atoms with Gasteiger partial charge >= 0.3 is 0 Å². The summed E-state index contributed by atoms with van der Waals surface area (Å²) in [6.07, 6.45) is 4.94. The zero-order valence-corrected chi connectivity index (χ0v) is 25.6. The van der Waals surface area contributed by atoms with Crippen molar-refractivity contribution in [2.75, 3.05) is 13.1 Å². The van der Waals surface area contributed by atoms with Crippen molar-refractivity contribution < 1.29 is 24.6 Å². The molecular weight excluding hydrogens is 592 g/mol. The average molecular weight is 638 g/mol. The normalized spacial score (nSPS) is 21.6. The Labute approximate surface area is 250 Å². The van der Waals surface area contributed by atoms with Crippen LogP contribution in [-0.2, 0) is 20.8 Å². The molecule has 11 nitrogen and oxygen atoms in total. The first-order chi connectivity index (χ1) is 19.5. The number of benzene rings is 1. The van der Waals surface area contributed by atoms with Crippen LogP contribution in [0.1, 0.15) is 70.8 Å². The lowest BCUT2D eigenvalue weighted by atomic mass is 9.84. The highest BCUT2D eigenvalue weighted by Crippen LogP contribution is 2.40. The van der Waals surface area contributed by atoms with Gasteiger partial charge in [-0.25, -0.2) is 0 Å². The monoisotopic (exact) mass is 636 g/mol. The van der Waals surface area contributed by atoms with Crippen LogP contribution >= 0.6 is 15.9 Å². The molecule has 2 aliphatic rings. The summed E-state index contributed by atoms with van der Waals surface area (Å²) in [5, 5.41) is 26.2. The summed E-state index contributed by atoms with van der Waals surface area (Å²) in [4.78, 5) is 46.2. The second kappa shape index (κ2) is 15.4. The molecule has 1 heterocycles. The van der Waals surface area contributed by atoms with E-state index in [-0.39, 0.29) is 47.8 Å². The Hall–Kier alpha value is -2.86. The quantitative estimate of drug-likeness (QED) is 0.108. The van der Waals surface area contributed by atoms with Gasteiger partial charge in [0.2, 0.25) is 17.7 Å². The van der Waals surface area contributed by atoms with Gasteiger partial charge in [-0.05, 0) is 84.0 Å². The molecular formula is C29H45BrN6O5. The number of nitrogens with one attached hydrogen (secondary N) is 2. The lowest BCUT2D eigenvalue weighted by molar-refractivity contribution is -0.145. The molecule has 1 aliphatic heterocycles. The van der Waals surface area contributed by atoms with Gasteiger partial charge < -0.3 is 37.2 Å². The van der Waals surface area contributed by atoms with Crippen LogP contribution in [0.2, 0.25) is 0 Å². The third kappa shape index (κ3) is 9.32. The lowest BCUT2D eigenvalue weighted by Crippen LogP contribution is -2.57. The van der Waals surface area contributed by atoms with Gasteiger partial charge in [0.15, 0.2) is 5.96 Å². The van der Waals surface area contributed by atoms with Crippen LogP contribution in [0.4, 0.5) is 0 Å². The van der Waals surface area contributed by atoms with Crippen LogP contribution in [0, 0.1) is 11.8 Å². The number of fused-ring (bicyclic) bond motifs is 1. The van der Waals surface area contributed by atoms with Crippen LogP contribution in [0.5, 0.6) is 5.75 Å². The Morgan fingerprint density at radius 3 is 2.59 bits per heavy atom. The van der Waals surface area contributed by atoms with Gasteiger partial charge in [0.05, 0.1) is 4.47 Å². The first-order valence-corrected chi connectivity index (χ1v) is 15.4. The molecule has 8 N–H and O–H groups in total. The smallest absolute Gasteiger partial charge is 0.249 e. The zero-order valence-electron chi connectivity index (χ0n) is 24.0. The van der Waals surface area contributed by atoms with Gasteiger partial charge in [0.25, 0.3) is 0 Å². The molecule has 12 heteroatoms. The third-order valence-corrected chi connectivity index (χ3v) is 8.52. The molecule has 1 aromatic rings. The van der Waals surface area contributed by atoms with Crippen molar-refractivity contribution in [3.05, 3.63) is 28.2 Å². The Balaban J connectivity index is 1.70. The van der Waals surface area contributed by atoms with E-state index in [1.165, 1.54) is 6.07 Å². The number of aliphatic hydroxyl groups is 1. The van der Waals surface area contributed by atoms with Gasteiger partial charge in [-0.15, -0.1) is 0 Å². The van der Waals surface area contributed by atoms with E-state index in [4.69, 9.17) is 11.5 Å². The highest BCUT2D eigenvalue weighted by Gasteiger charge is 2.49. The molecule has 3 amide bonds. The van der Waals surface area contributed by atoms with E-state index in [0.29, 0.717) is 42.4 Å². The van der Waals surface area contributed by atoms with Gasteiger partial charge in [0.1, 0.15) is 23.9 Å². The molecule has 1 aromatic carbocycles. The molecule has 228 valence electrons. The minimum Gasteiger partial charge on any atom is -0.507 e. The van der Waals surface area contributed by atoms with Gasteiger partial charge in [-0.3, -0.25) is 19.4 Å². The molecule has 5 unspecified atom stereocenters. The Morgan fingerprint density at radius 1 is 1.17 bits per heavy atom. The summed E-state index contributed by atoms with van der Waals surface area (Å²) < 4.78 is 0.463. The standard InChI is InChI=1S/C29H45BrN6O5/c1-17(2)13-21(35-27(40)25(38)15-18-9-10-24(37)20(30)14-18)28(41)36-22-8-4-3-7-19(22)16-23(36)26(39)33-11-5-6-12-34-29(31)32/h9-10,14,17,19,21-23,25,37-38H,3-8,11-13,15-16H2,1-2H3,(H,33,39)(H,35,40)(H4,31,32,34). The highest BCUT2D eigenvalue weighted by molar-refractivity contribution is 9.10. The molecule has 5 atom stereocenters. The van der Waals surface area contributed by atoms with Crippen LogP contribution < -0.4 is 22.1 Å². The molecule has 1 aliphatic carbocycles. The number of aliphatic imine (C=N–C) groups is 1. The number of nitrogens with two attached hydrogens (primary N) is 2. The van der Waals surface area contributed by atoms with Crippen molar-refractivity contribution in [3.8, 4) is 5.75 Å². The minimum absolute atomic E-state index is 0.0237. The van der Waals surface area contributed by atoms with Crippen molar-refractivity contribution in [1.82, 2.24) is 15.5 Å². The maximum absolute atomic E-state index is 14.1. The summed E-state index contributed by atoms with van der Waals surface area (Å²) in [5.74, 6) is -0.645. The lowest BCUT2D eigenvalue weighted by Gasteiger charge is -2.36. The van der Waals surface area contributed by atoms with Gasteiger partial charge in [-0.1, -0.05) is 32.8 Å². The number of phenols is 1. The number of carbonyl (C=O) groups excluding carboxylic acids is 3. The van der Waals surface area contributed by atoms with E-state index in [0.717, 1.165) is 32.1 Å². The molecule has 0 spiro atoms. The summed E-state index contributed by atoms with van der Waals surface area (Å²) in [5.41, 5.74) is 11.4. The number of carbonyl (C=O) groups is 3. The number of unbranched alkanes of at least 4 members (excludes halogenated alkanes) is 1. The Kier molecular flexibility index (Phi) is 12.3. The van der Waals surface area contributed by atoms with E-state index in [1.54, 1.807) is 17.0 Å². The number of hydrogen-bond donors (Lipinski definition) is 6. The number of nitrogens with zero attached hydrogens (tertiary/aromatic N) is 2. The number of aliphatic hydroxyl groups excluding tert-OH is 1. The van der Waals surface area contributed by atoms with Crippen LogP contribution in [0.15, 0.2) is 27.7 Å². The molecule has 1 saturated carbocycles. The van der Waals surface area contributed by atoms with E-state index >= 15 is 0 Å². The molecule has 0 bridgehead atoms. The van der Waals surface area contributed by atoms with E-state index in [9.17, 15) is 24.6 Å². The second-order valence-electron chi connectivity index (χ2n) is 11.6. The fourth-order valence-corrected chi connectivity index (χ4v) is 6.35. The first-order valence-electron chi connectivity index (χ1n) is 14.6. The van der Waals surface area contributed by atoms with Crippen molar-refractivity contribution in [2.24, 2.45) is 28.3 Å². The molecule has 3 rings (SSSR count). The first kappa shape index (κ1) is 32.7. The van der Waals surface area contributed by atoms with Crippen molar-refractivity contribution in [1.29, 1.82) is 0 Å². The fraction of sp³-hybridized carbons (Fsp3) is 0.655. The molecule has 0 radical (unpaired) electrons. The number of hydrogen-bond acceptors (Lipinski definition) is 6. The summed E-state index contributed by atoms with van der Waals surface area (Å²) >= 11 is 3.24. The predicted octanol–water partition coefficient (Wildman–Crippen LogP) is 1.92. The Bertz CT molecular complexity index is 1100. The number of guanidine groups is 1. The summed E-state index contributed by atoms with van der Waals surface area (Å²) in [6, 6.07) is 3.25. The number of phenolic OH excluding ortho intramolecular Hbond substituents is 1. The topological polar surface area (TPSA) is 183 Å². The number of halogens is 1. The number of rotatable bonds is 13. The predicted molar refractivity (Wildman–Crippen MR) is 161 cm³/mol. The average Bonchev–Trinajstić information content (AvgIpc) is 3.31. The highest BCUT2D eigenvalue weighted by atomic mass is 79.9. The summed E-state index contributed by atoms with van der Waals surface area (Å²) in [7, 11) is 0. The molecule has 1 saturated heterocycles. The van der Waals surface area contributed by atoms with Crippen LogP contribution in [-0.4, -0.2) is 76.1 Å². The minimum atomic E-state index is -1.38. The van der Waals surface area contributed by atoms with Crippen LogP contribution in [0.25, 0.3) is 0 Å². The third-order valence-electron chi connectivity index (χ3n) is 7.89. The molecule has 2 fully saturated rings. The summed E-state index contributed by atoms with van der Waals surface area (Å²) in [6.45, 7) is 4.88. The maximum Gasteiger partial charge on any atom is 0.249 e. The largest absolute Gasteiger partial charge is 0.507 e. The van der Waals surface area contributed by atoms with Gasteiger partial charge in [-0.2, -0.15) is 0 Å². The van der Waals surface area contributed by atoms with Crippen molar-refractivity contribution in [2.45, 2.75) is 95.9 Å². The zero-order chi connectivity index (χ0) is 30.1. The molecule has 0 aromatic heterocycles. The number of amides is 3. The molecule has 41 heavy (non-hydrogen) atoms. The van der Waals surface area contributed by atoms with Gasteiger partial charge in [0, 0.05) is 25.6 Å². The number of likely N-dealkylation sites (tertiary alicyclic amines) is 1. The number of aromatic hydroxyl groups is 1. The SMILES string of the molecule is CC(C)CC(NC(=O)C(O)Cc1ccc(O)c(Br)c1)C(=O)N1C(C(=O)NCCCCN=C(N)N)CC2CCCCC21. The van der Waals surface area contributed by atoms with E-state index < -0.39 is 24.1 Å². The van der Waals surface area contributed by atoms with E-state index in [1.807, 2.05) is 13.8 Å². The fourth-order valence-electron chi connectivity index (χ4n) is 5.92. The second-order valence-corrected chi connectivity index (χ2v) is 12.5. The van der Waals surface area contributed by atoms with E-state index in [2.05, 4.69) is 31.6 Å². The maximum atomic E-state index is 14.1. The van der Waals surface area contributed by atoms with Crippen molar-refractivity contribution >= 4 is 39.6 Å². The van der Waals surface area contributed by atoms with Crippen molar-refractivity contribution in [3.63, 3.8) is 0 Å². The van der Waals surface area contributed by atoms with Crippen LogP contribution in [0.3, 0.4) is 0 Å².